The summed E-state index contributed by atoms with van der Waals surface area (Å²) in [7, 11) is 1.57. The Balaban J connectivity index is 2.20. The maximum Gasteiger partial charge on any atom is 0.137 e. The van der Waals surface area contributed by atoms with Crippen LogP contribution in [0.25, 0.3) is 0 Å². The van der Waals surface area contributed by atoms with Crippen LogP contribution in [-0.2, 0) is 0 Å². The van der Waals surface area contributed by atoms with Crippen LogP contribution in [0.3, 0.4) is 0 Å². The molecule has 5 heteroatoms. The molecule has 0 bridgehead atoms. The van der Waals surface area contributed by atoms with Gasteiger partial charge in [0.25, 0.3) is 0 Å². The summed E-state index contributed by atoms with van der Waals surface area (Å²) in [6.45, 7) is 3.13. The fraction of sp³-hybridized carbons (Fsp3) is 0.538. The average molecular weight is 273 g/mol. The monoisotopic (exact) mass is 272 g/mol. The maximum absolute atomic E-state index is 13.3. The quantitative estimate of drug-likeness (QED) is 0.910. The molecule has 0 aliphatic carbocycles. The standard InChI is InChI=1S/C13H18ClFN2O/c1-18-13-8-10(2-3-11(13)14)12(9-15)17-6-4-16-5-7-17/h2-3,8,12,16H,4-7,9H2,1H3/t12-/m1/s1. The number of rotatable bonds is 4. The van der Waals surface area contributed by atoms with Crippen molar-refractivity contribution in [3.8, 4) is 5.75 Å². The van der Waals surface area contributed by atoms with Gasteiger partial charge in [0.05, 0.1) is 18.2 Å². The topological polar surface area (TPSA) is 24.5 Å². The molecule has 1 aromatic carbocycles. The number of halogens is 2. The van der Waals surface area contributed by atoms with E-state index in [9.17, 15) is 4.39 Å². The molecule has 0 radical (unpaired) electrons. The van der Waals surface area contributed by atoms with Crippen molar-refractivity contribution in [3.63, 3.8) is 0 Å². The molecule has 0 spiro atoms. The van der Waals surface area contributed by atoms with E-state index in [1.54, 1.807) is 13.2 Å². The molecule has 1 saturated heterocycles. The van der Waals surface area contributed by atoms with Gasteiger partial charge in [-0.05, 0) is 17.7 Å². The van der Waals surface area contributed by atoms with Gasteiger partial charge in [-0.3, -0.25) is 4.90 Å². The molecule has 0 unspecified atom stereocenters. The predicted octanol–water partition coefficient (Wildman–Crippen LogP) is 2.26. The molecule has 2 rings (SSSR count). The largest absolute Gasteiger partial charge is 0.495 e. The first-order chi connectivity index (χ1) is 8.76. The lowest BCUT2D eigenvalue weighted by Crippen LogP contribution is -2.45. The van der Waals surface area contributed by atoms with Gasteiger partial charge in [-0.25, -0.2) is 4.39 Å². The van der Waals surface area contributed by atoms with E-state index in [1.807, 2.05) is 12.1 Å². The molecular formula is C13H18ClFN2O. The minimum Gasteiger partial charge on any atom is -0.495 e. The van der Waals surface area contributed by atoms with Gasteiger partial charge in [0.2, 0.25) is 0 Å². The maximum atomic E-state index is 13.3. The van der Waals surface area contributed by atoms with Gasteiger partial charge in [-0.2, -0.15) is 0 Å². The predicted molar refractivity (Wildman–Crippen MR) is 71.2 cm³/mol. The van der Waals surface area contributed by atoms with Crippen molar-refractivity contribution in [2.45, 2.75) is 6.04 Å². The first-order valence-electron chi connectivity index (χ1n) is 6.10. The Kier molecular flexibility index (Phi) is 4.80. The third-order valence-corrected chi connectivity index (χ3v) is 3.61. The van der Waals surface area contributed by atoms with Gasteiger partial charge in [0.1, 0.15) is 12.4 Å². The zero-order valence-corrected chi connectivity index (χ0v) is 11.2. The molecule has 1 aromatic rings. The fourth-order valence-corrected chi connectivity index (χ4v) is 2.47. The second-order valence-corrected chi connectivity index (χ2v) is 4.76. The van der Waals surface area contributed by atoms with E-state index in [0.29, 0.717) is 10.8 Å². The van der Waals surface area contributed by atoms with E-state index in [-0.39, 0.29) is 6.04 Å². The van der Waals surface area contributed by atoms with Gasteiger partial charge in [-0.15, -0.1) is 0 Å². The molecule has 1 aliphatic rings. The zero-order valence-electron chi connectivity index (χ0n) is 10.5. The lowest BCUT2D eigenvalue weighted by atomic mass is 10.1. The van der Waals surface area contributed by atoms with Crippen molar-refractivity contribution in [2.75, 3.05) is 40.0 Å². The van der Waals surface area contributed by atoms with Crippen molar-refractivity contribution in [3.05, 3.63) is 28.8 Å². The van der Waals surface area contributed by atoms with E-state index in [2.05, 4.69) is 10.2 Å². The SMILES string of the molecule is COc1cc([C@@H](CF)N2CCNCC2)ccc1Cl. The molecule has 18 heavy (non-hydrogen) atoms. The van der Waals surface area contributed by atoms with Crippen molar-refractivity contribution in [1.82, 2.24) is 10.2 Å². The van der Waals surface area contributed by atoms with Gasteiger partial charge < -0.3 is 10.1 Å². The smallest absolute Gasteiger partial charge is 0.137 e. The van der Waals surface area contributed by atoms with Crippen molar-refractivity contribution in [2.24, 2.45) is 0 Å². The van der Waals surface area contributed by atoms with E-state index in [4.69, 9.17) is 16.3 Å². The highest BCUT2D eigenvalue weighted by Gasteiger charge is 2.22. The first-order valence-corrected chi connectivity index (χ1v) is 6.48. The van der Waals surface area contributed by atoms with Gasteiger partial charge in [-0.1, -0.05) is 17.7 Å². The summed E-state index contributed by atoms with van der Waals surface area (Å²) in [5.41, 5.74) is 0.917. The van der Waals surface area contributed by atoms with Crippen LogP contribution in [0.4, 0.5) is 4.39 Å². The van der Waals surface area contributed by atoms with Crippen LogP contribution in [0.1, 0.15) is 11.6 Å². The second-order valence-electron chi connectivity index (χ2n) is 4.35. The first kappa shape index (κ1) is 13.6. The normalized spacial score (nSPS) is 18.6. The van der Waals surface area contributed by atoms with Crippen LogP contribution >= 0.6 is 11.6 Å². The Bertz CT molecular complexity index is 397. The molecule has 0 amide bonds. The summed E-state index contributed by atoms with van der Waals surface area (Å²) in [6, 6.07) is 5.25. The summed E-state index contributed by atoms with van der Waals surface area (Å²) in [6.07, 6.45) is 0. The number of alkyl halides is 1. The molecule has 1 atom stereocenters. The van der Waals surface area contributed by atoms with Crippen LogP contribution in [0, 0.1) is 0 Å². The van der Waals surface area contributed by atoms with Crippen molar-refractivity contribution in [1.29, 1.82) is 0 Å². The van der Waals surface area contributed by atoms with Gasteiger partial charge in [0.15, 0.2) is 0 Å². The molecular weight excluding hydrogens is 255 g/mol. The van der Waals surface area contributed by atoms with E-state index >= 15 is 0 Å². The third-order valence-electron chi connectivity index (χ3n) is 3.30. The van der Waals surface area contributed by atoms with E-state index in [1.165, 1.54) is 0 Å². The summed E-state index contributed by atoms with van der Waals surface area (Å²) in [5, 5.41) is 3.82. The van der Waals surface area contributed by atoms with Crippen molar-refractivity contribution < 1.29 is 9.13 Å². The minimum absolute atomic E-state index is 0.210. The molecule has 1 fully saturated rings. The number of nitrogens with zero attached hydrogens (tertiary/aromatic N) is 1. The highest BCUT2D eigenvalue weighted by atomic mass is 35.5. The lowest BCUT2D eigenvalue weighted by Gasteiger charge is -2.33. The van der Waals surface area contributed by atoms with Gasteiger partial charge >= 0.3 is 0 Å². The number of ether oxygens (including phenoxy) is 1. The summed E-state index contributed by atoms with van der Waals surface area (Å²) >= 11 is 5.99. The van der Waals surface area contributed by atoms with E-state index < -0.39 is 6.67 Å². The Morgan fingerprint density at radius 2 is 2.17 bits per heavy atom. The Labute approximate surface area is 112 Å². The van der Waals surface area contributed by atoms with Crippen LogP contribution in [-0.4, -0.2) is 44.9 Å². The van der Waals surface area contributed by atoms with Crippen LogP contribution in [0.15, 0.2) is 18.2 Å². The van der Waals surface area contributed by atoms with Crippen LogP contribution < -0.4 is 10.1 Å². The number of piperazine rings is 1. The third kappa shape index (κ3) is 2.94. The molecule has 1 heterocycles. The number of hydrogen-bond acceptors (Lipinski definition) is 3. The molecule has 1 aliphatic heterocycles. The highest BCUT2D eigenvalue weighted by Crippen LogP contribution is 2.30. The van der Waals surface area contributed by atoms with Gasteiger partial charge in [0, 0.05) is 26.2 Å². The summed E-state index contributed by atoms with van der Waals surface area (Å²) < 4.78 is 18.5. The lowest BCUT2D eigenvalue weighted by molar-refractivity contribution is 0.147. The van der Waals surface area contributed by atoms with Crippen LogP contribution in [0.2, 0.25) is 5.02 Å². The Morgan fingerprint density at radius 3 is 2.78 bits per heavy atom. The van der Waals surface area contributed by atoms with Crippen LogP contribution in [0.5, 0.6) is 5.75 Å². The Morgan fingerprint density at radius 1 is 1.44 bits per heavy atom. The number of hydrogen-bond donors (Lipinski definition) is 1. The number of nitrogens with one attached hydrogen (secondary N) is 1. The van der Waals surface area contributed by atoms with Crippen molar-refractivity contribution >= 4 is 11.6 Å². The fourth-order valence-electron chi connectivity index (χ4n) is 2.27. The molecule has 3 nitrogen and oxygen atoms in total. The summed E-state index contributed by atoms with van der Waals surface area (Å²) in [5.74, 6) is 0.600. The zero-order chi connectivity index (χ0) is 13.0. The number of benzene rings is 1. The molecule has 0 aromatic heterocycles. The highest BCUT2D eigenvalue weighted by molar-refractivity contribution is 6.32. The Hall–Kier alpha value is -0.840. The molecule has 100 valence electrons. The molecule has 0 saturated carbocycles. The molecule has 1 N–H and O–H groups in total. The summed E-state index contributed by atoms with van der Waals surface area (Å²) in [4.78, 5) is 2.15. The number of methoxy groups -OCH3 is 1. The van der Waals surface area contributed by atoms with E-state index in [0.717, 1.165) is 31.7 Å². The minimum atomic E-state index is -0.398. The second kappa shape index (κ2) is 6.36. The average Bonchev–Trinajstić information content (AvgIpc) is 2.42.